The van der Waals surface area contributed by atoms with Gasteiger partial charge in [-0.15, -0.1) is 0 Å². The second-order valence-corrected chi connectivity index (χ2v) is 7.60. The van der Waals surface area contributed by atoms with Gasteiger partial charge in [-0.05, 0) is 30.9 Å². The number of carbonyl (C=O) groups excluding carboxylic acids is 1. The average molecular weight is 360 g/mol. The summed E-state index contributed by atoms with van der Waals surface area (Å²) in [7, 11) is 1.64. The quantitative estimate of drug-likeness (QED) is 0.847. The monoisotopic (exact) mass is 360 g/mol. The molecule has 2 fully saturated rings. The minimum atomic E-state index is -0.702. The molecule has 5 nitrogen and oxygen atoms in total. The topological polar surface area (TPSA) is 50.8 Å². The molecule has 0 bridgehead atoms. The molecular weight excluding hydrogens is 328 g/mol. The van der Waals surface area contributed by atoms with E-state index < -0.39 is 5.60 Å². The van der Waals surface area contributed by atoms with Crippen LogP contribution in [-0.4, -0.2) is 56.4 Å². The number of carbonyl (C=O) groups is 1. The van der Waals surface area contributed by atoms with E-state index >= 15 is 0 Å². The lowest BCUT2D eigenvalue weighted by atomic mass is 9.92. The van der Waals surface area contributed by atoms with Gasteiger partial charge in [0.15, 0.2) is 5.60 Å². The van der Waals surface area contributed by atoms with Crippen molar-refractivity contribution < 1.29 is 14.3 Å². The second-order valence-electron chi connectivity index (χ2n) is 7.60. The summed E-state index contributed by atoms with van der Waals surface area (Å²) < 4.78 is 11.0. The Balaban J connectivity index is 1.52. The van der Waals surface area contributed by atoms with E-state index in [0.717, 1.165) is 26.2 Å². The highest BCUT2D eigenvalue weighted by Gasteiger charge is 2.40. The summed E-state index contributed by atoms with van der Waals surface area (Å²) in [5, 5.41) is 3.18. The van der Waals surface area contributed by atoms with Crippen LogP contribution in [0.3, 0.4) is 0 Å². The first-order chi connectivity index (χ1) is 12.7. The fourth-order valence-corrected chi connectivity index (χ4v) is 4.09. The molecule has 2 heterocycles. The Morgan fingerprint density at radius 1 is 1.27 bits per heavy atom. The highest BCUT2D eigenvalue weighted by Crippen LogP contribution is 2.25. The average Bonchev–Trinajstić information content (AvgIpc) is 2.92. The minimum absolute atomic E-state index is 0.0298. The second kappa shape index (κ2) is 9.49. The molecule has 2 aliphatic heterocycles. The number of nitrogens with one attached hydrogen (secondary N) is 1. The molecule has 0 aliphatic carbocycles. The van der Waals surface area contributed by atoms with E-state index in [-0.39, 0.29) is 5.91 Å². The van der Waals surface area contributed by atoms with Gasteiger partial charge in [-0.1, -0.05) is 36.8 Å². The number of hydrogen-bond acceptors (Lipinski definition) is 4. The Morgan fingerprint density at radius 3 is 2.77 bits per heavy atom. The lowest BCUT2D eigenvalue weighted by Gasteiger charge is -2.35. The van der Waals surface area contributed by atoms with Gasteiger partial charge in [0.25, 0.3) is 5.91 Å². The lowest BCUT2D eigenvalue weighted by Crippen LogP contribution is -2.52. The zero-order chi connectivity index (χ0) is 18.2. The lowest BCUT2D eigenvalue weighted by molar-refractivity contribution is -0.155. The fourth-order valence-electron chi connectivity index (χ4n) is 4.09. The first kappa shape index (κ1) is 19.3. The van der Waals surface area contributed by atoms with Gasteiger partial charge in [0.05, 0.1) is 0 Å². The third-order valence-corrected chi connectivity index (χ3v) is 5.76. The SMILES string of the molecule is COC1(C(=O)NC[C@H]2CCCCN(Cc3ccccc3)C2)CCOCC1. The van der Waals surface area contributed by atoms with E-state index in [1.807, 2.05) is 0 Å². The van der Waals surface area contributed by atoms with Gasteiger partial charge in [0.1, 0.15) is 0 Å². The summed E-state index contributed by atoms with van der Waals surface area (Å²) >= 11 is 0. The molecule has 0 radical (unpaired) electrons. The predicted molar refractivity (Wildman–Crippen MR) is 102 cm³/mol. The molecule has 2 saturated heterocycles. The first-order valence-electron chi connectivity index (χ1n) is 9.89. The van der Waals surface area contributed by atoms with Gasteiger partial charge < -0.3 is 14.8 Å². The molecule has 1 atom stereocenters. The minimum Gasteiger partial charge on any atom is -0.381 e. The standard InChI is InChI=1S/C21H32N2O3/c1-25-21(10-13-26-14-11-21)20(24)22-15-19-9-5-6-12-23(17-19)16-18-7-3-2-4-8-18/h2-4,7-8,19H,5-6,9-17H2,1H3,(H,22,24)/t19-/m1/s1. The summed E-state index contributed by atoms with van der Waals surface area (Å²) in [6.45, 7) is 5.09. The molecule has 1 aromatic rings. The smallest absolute Gasteiger partial charge is 0.252 e. The highest BCUT2D eigenvalue weighted by molar-refractivity contribution is 5.85. The van der Waals surface area contributed by atoms with Crippen LogP contribution < -0.4 is 5.32 Å². The van der Waals surface area contributed by atoms with Gasteiger partial charge in [0.2, 0.25) is 0 Å². The fraction of sp³-hybridized carbons (Fsp3) is 0.667. The Labute approximate surface area is 157 Å². The van der Waals surface area contributed by atoms with Crippen molar-refractivity contribution in [3.8, 4) is 0 Å². The number of amides is 1. The van der Waals surface area contributed by atoms with Crippen molar-refractivity contribution in [2.75, 3.05) is 40.0 Å². The molecule has 3 rings (SSSR count). The van der Waals surface area contributed by atoms with Crippen LogP contribution in [0.1, 0.15) is 37.7 Å². The molecule has 1 amide bonds. The Hall–Kier alpha value is -1.43. The summed E-state index contributed by atoms with van der Waals surface area (Å²) in [6, 6.07) is 10.6. The first-order valence-corrected chi connectivity index (χ1v) is 9.89. The largest absolute Gasteiger partial charge is 0.381 e. The maximum atomic E-state index is 12.7. The Morgan fingerprint density at radius 2 is 2.04 bits per heavy atom. The third-order valence-electron chi connectivity index (χ3n) is 5.76. The third kappa shape index (κ3) is 5.06. The highest BCUT2D eigenvalue weighted by atomic mass is 16.5. The van der Waals surface area contributed by atoms with Gasteiger partial charge in [0, 0.05) is 52.8 Å². The molecule has 26 heavy (non-hydrogen) atoms. The van der Waals surface area contributed by atoms with Crippen molar-refractivity contribution in [2.45, 2.75) is 44.2 Å². The number of methoxy groups -OCH3 is 1. The van der Waals surface area contributed by atoms with Crippen LogP contribution in [0.2, 0.25) is 0 Å². The van der Waals surface area contributed by atoms with Crippen LogP contribution in [0.4, 0.5) is 0 Å². The van der Waals surface area contributed by atoms with Crippen molar-refractivity contribution in [2.24, 2.45) is 5.92 Å². The number of ether oxygens (including phenoxy) is 2. The Bertz CT molecular complexity index is 558. The summed E-state index contributed by atoms with van der Waals surface area (Å²) in [6.07, 6.45) is 4.92. The van der Waals surface area contributed by atoms with Crippen molar-refractivity contribution in [3.05, 3.63) is 35.9 Å². The Kier molecular flexibility index (Phi) is 7.06. The van der Waals surface area contributed by atoms with E-state index in [0.29, 0.717) is 32.0 Å². The van der Waals surface area contributed by atoms with E-state index in [2.05, 4.69) is 40.5 Å². The molecule has 0 unspecified atom stereocenters. The molecule has 1 aromatic carbocycles. The molecule has 0 aromatic heterocycles. The maximum absolute atomic E-state index is 12.7. The van der Waals surface area contributed by atoms with Gasteiger partial charge >= 0.3 is 0 Å². The van der Waals surface area contributed by atoms with Crippen LogP contribution >= 0.6 is 0 Å². The van der Waals surface area contributed by atoms with Crippen LogP contribution in [0.5, 0.6) is 0 Å². The van der Waals surface area contributed by atoms with E-state index in [9.17, 15) is 4.79 Å². The number of benzene rings is 1. The zero-order valence-corrected chi connectivity index (χ0v) is 15.9. The molecule has 0 spiro atoms. The van der Waals surface area contributed by atoms with Crippen molar-refractivity contribution in [1.29, 1.82) is 0 Å². The van der Waals surface area contributed by atoms with E-state index in [1.54, 1.807) is 7.11 Å². The predicted octanol–water partition coefficient (Wildman–Crippen LogP) is 2.60. The van der Waals surface area contributed by atoms with Gasteiger partial charge in [-0.3, -0.25) is 9.69 Å². The van der Waals surface area contributed by atoms with E-state index in [1.165, 1.54) is 24.8 Å². The van der Waals surface area contributed by atoms with Crippen molar-refractivity contribution >= 4 is 5.91 Å². The van der Waals surface area contributed by atoms with Crippen molar-refractivity contribution in [1.82, 2.24) is 10.2 Å². The normalized spacial score (nSPS) is 24.0. The summed E-state index contributed by atoms with van der Waals surface area (Å²) in [4.78, 5) is 15.3. The van der Waals surface area contributed by atoms with Crippen LogP contribution in [0.15, 0.2) is 30.3 Å². The number of rotatable bonds is 6. The van der Waals surface area contributed by atoms with Crippen LogP contribution in [0, 0.1) is 5.92 Å². The zero-order valence-electron chi connectivity index (χ0n) is 15.9. The summed E-state index contributed by atoms with van der Waals surface area (Å²) in [5.41, 5.74) is 0.657. The molecule has 2 aliphatic rings. The van der Waals surface area contributed by atoms with Gasteiger partial charge in [-0.25, -0.2) is 0 Å². The number of nitrogens with zero attached hydrogens (tertiary/aromatic N) is 1. The molecule has 1 N–H and O–H groups in total. The molecule has 144 valence electrons. The molecule has 5 heteroatoms. The van der Waals surface area contributed by atoms with Crippen LogP contribution in [0.25, 0.3) is 0 Å². The summed E-state index contributed by atoms with van der Waals surface area (Å²) in [5.74, 6) is 0.529. The maximum Gasteiger partial charge on any atom is 0.252 e. The van der Waals surface area contributed by atoms with Crippen LogP contribution in [-0.2, 0) is 20.8 Å². The molecule has 0 saturated carbocycles. The van der Waals surface area contributed by atoms with E-state index in [4.69, 9.17) is 9.47 Å². The van der Waals surface area contributed by atoms with Crippen molar-refractivity contribution in [3.63, 3.8) is 0 Å². The molecular formula is C21H32N2O3. The number of hydrogen-bond donors (Lipinski definition) is 1. The van der Waals surface area contributed by atoms with Gasteiger partial charge in [-0.2, -0.15) is 0 Å². The number of likely N-dealkylation sites (tertiary alicyclic amines) is 1.